The van der Waals surface area contributed by atoms with E-state index >= 15 is 0 Å². The highest BCUT2D eigenvalue weighted by atomic mass is 16.3. The second-order valence-electron chi connectivity index (χ2n) is 12.3. The van der Waals surface area contributed by atoms with Crippen LogP contribution in [0.1, 0.15) is 85.5 Å². The quantitative estimate of drug-likeness (QED) is 0.470. The van der Waals surface area contributed by atoms with Crippen molar-refractivity contribution < 1.29 is 20.4 Å². The van der Waals surface area contributed by atoms with Gasteiger partial charge in [-0.05, 0) is 98.2 Å². The van der Waals surface area contributed by atoms with E-state index in [-0.39, 0.29) is 35.6 Å². The molecule has 0 saturated heterocycles. The zero-order valence-electron chi connectivity index (χ0n) is 20.1. The van der Waals surface area contributed by atoms with Gasteiger partial charge < -0.3 is 20.4 Å². The topological polar surface area (TPSA) is 80.9 Å². The van der Waals surface area contributed by atoms with Gasteiger partial charge in [0.2, 0.25) is 0 Å². The van der Waals surface area contributed by atoms with Gasteiger partial charge in [-0.15, -0.1) is 0 Å². The Labute approximate surface area is 189 Å². The standard InChI is InChI=1S/C27H46O4/c1-16(5-8-23(30)17(2)15-28)20-6-7-21-25-22(10-12-27(20,21)4)26(3)11-9-19(29)13-18(26)14-24(25)31/h14,16-17,19-25,28-31H,5-13,15H2,1-4H3/t16-,17+,19+,20-,21?,22?,23+,24?,25?,26+,27-/m1/s1. The maximum absolute atomic E-state index is 11.3. The fourth-order valence-electron chi connectivity index (χ4n) is 8.65. The predicted octanol–water partition coefficient (Wildman–Crippen LogP) is 4.30. The number of hydrogen-bond donors (Lipinski definition) is 4. The molecule has 4 unspecified atom stereocenters. The predicted molar refractivity (Wildman–Crippen MR) is 123 cm³/mol. The Morgan fingerprint density at radius 3 is 2.45 bits per heavy atom. The molecule has 3 saturated carbocycles. The molecule has 0 amide bonds. The first-order chi connectivity index (χ1) is 14.6. The largest absolute Gasteiger partial charge is 0.396 e. The second-order valence-corrected chi connectivity index (χ2v) is 12.3. The summed E-state index contributed by atoms with van der Waals surface area (Å²) in [5, 5.41) is 41.2. The first-order valence-electron chi connectivity index (χ1n) is 13.0. The zero-order valence-corrected chi connectivity index (χ0v) is 20.1. The summed E-state index contributed by atoms with van der Waals surface area (Å²) in [5.74, 6) is 2.60. The SMILES string of the molecule is C[C@H](CC[C@H](O)[C@@H](C)CO)[C@H]1CCC2C3C(O)C=C4C[C@@H](O)CC[C@]4(C)C3CC[C@@]21C. The fourth-order valence-corrected chi connectivity index (χ4v) is 8.65. The number of aliphatic hydroxyl groups excluding tert-OH is 4. The molecule has 0 spiro atoms. The van der Waals surface area contributed by atoms with Gasteiger partial charge in [-0.25, -0.2) is 0 Å². The molecule has 0 radical (unpaired) electrons. The molecule has 4 N–H and O–H groups in total. The summed E-state index contributed by atoms with van der Waals surface area (Å²) in [6, 6.07) is 0. The van der Waals surface area contributed by atoms with Crippen LogP contribution in [0.25, 0.3) is 0 Å². The first kappa shape index (κ1) is 23.7. The third-order valence-corrected chi connectivity index (χ3v) is 10.7. The average molecular weight is 435 g/mol. The lowest BCUT2D eigenvalue weighted by Gasteiger charge is -2.59. The van der Waals surface area contributed by atoms with Gasteiger partial charge in [-0.1, -0.05) is 39.3 Å². The Kier molecular flexibility index (Phi) is 6.69. The molecule has 0 bridgehead atoms. The van der Waals surface area contributed by atoms with E-state index in [2.05, 4.69) is 26.8 Å². The van der Waals surface area contributed by atoms with E-state index in [1.165, 1.54) is 31.3 Å². The molecule has 0 heterocycles. The maximum atomic E-state index is 11.3. The van der Waals surface area contributed by atoms with Crippen molar-refractivity contribution in [2.45, 2.75) is 104 Å². The Balaban J connectivity index is 1.50. The molecule has 0 aromatic heterocycles. The number of fused-ring (bicyclic) bond motifs is 5. The Bertz CT molecular complexity index is 676. The summed E-state index contributed by atoms with van der Waals surface area (Å²) in [7, 11) is 0. The summed E-state index contributed by atoms with van der Waals surface area (Å²) < 4.78 is 0. The molecule has 11 atom stereocenters. The Morgan fingerprint density at radius 2 is 1.74 bits per heavy atom. The van der Waals surface area contributed by atoms with Crippen LogP contribution in [0.3, 0.4) is 0 Å². The Morgan fingerprint density at radius 1 is 1.00 bits per heavy atom. The van der Waals surface area contributed by atoms with Crippen LogP contribution in [0, 0.1) is 46.3 Å². The van der Waals surface area contributed by atoms with Gasteiger partial charge in [0, 0.05) is 12.5 Å². The normalized spacial score (nSPS) is 47.5. The van der Waals surface area contributed by atoms with Gasteiger partial charge in [-0.2, -0.15) is 0 Å². The minimum Gasteiger partial charge on any atom is -0.396 e. The van der Waals surface area contributed by atoms with E-state index in [9.17, 15) is 20.4 Å². The van der Waals surface area contributed by atoms with Crippen molar-refractivity contribution in [3.05, 3.63) is 11.6 Å². The van der Waals surface area contributed by atoms with Crippen molar-refractivity contribution in [1.82, 2.24) is 0 Å². The van der Waals surface area contributed by atoms with Gasteiger partial charge in [-0.3, -0.25) is 0 Å². The van der Waals surface area contributed by atoms with Gasteiger partial charge in [0.1, 0.15) is 0 Å². The van der Waals surface area contributed by atoms with Crippen molar-refractivity contribution in [2.24, 2.45) is 46.3 Å². The van der Waals surface area contributed by atoms with Crippen LogP contribution >= 0.6 is 0 Å². The van der Waals surface area contributed by atoms with Gasteiger partial charge in [0.05, 0.1) is 18.3 Å². The van der Waals surface area contributed by atoms with E-state index < -0.39 is 6.10 Å². The van der Waals surface area contributed by atoms with Crippen molar-refractivity contribution in [1.29, 1.82) is 0 Å². The number of aliphatic hydroxyl groups is 4. The molecule has 3 fully saturated rings. The van der Waals surface area contributed by atoms with Crippen molar-refractivity contribution in [2.75, 3.05) is 6.61 Å². The van der Waals surface area contributed by atoms with E-state index in [4.69, 9.17) is 0 Å². The lowest BCUT2D eigenvalue weighted by molar-refractivity contribution is -0.0974. The van der Waals surface area contributed by atoms with Crippen molar-refractivity contribution >= 4 is 0 Å². The fraction of sp³-hybridized carbons (Fsp3) is 0.926. The summed E-state index contributed by atoms with van der Waals surface area (Å²) in [6.07, 6.45) is 10.4. The molecule has 0 aliphatic heterocycles. The monoisotopic (exact) mass is 434 g/mol. The number of rotatable bonds is 6. The molecule has 4 rings (SSSR count). The highest BCUT2D eigenvalue weighted by molar-refractivity contribution is 5.27. The molecule has 4 heteroatoms. The Hall–Kier alpha value is -0.420. The number of hydrogen-bond acceptors (Lipinski definition) is 4. The molecule has 31 heavy (non-hydrogen) atoms. The van der Waals surface area contributed by atoms with Crippen LogP contribution in [0.5, 0.6) is 0 Å². The van der Waals surface area contributed by atoms with Crippen LogP contribution in [0.2, 0.25) is 0 Å². The van der Waals surface area contributed by atoms with Gasteiger partial charge >= 0.3 is 0 Å². The molecule has 4 nitrogen and oxygen atoms in total. The smallest absolute Gasteiger partial charge is 0.0757 e. The molecular formula is C27H46O4. The summed E-state index contributed by atoms with van der Waals surface area (Å²) in [5.41, 5.74) is 1.74. The van der Waals surface area contributed by atoms with Crippen LogP contribution in [0.15, 0.2) is 11.6 Å². The second kappa shape index (κ2) is 8.74. The zero-order chi connectivity index (χ0) is 22.6. The molecule has 0 aromatic rings. The highest BCUT2D eigenvalue weighted by Crippen LogP contribution is 2.67. The van der Waals surface area contributed by atoms with Crippen LogP contribution < -0.4 is 0 Å². The van der Waals surface area contributed by atoms with Crippen LogP contribution in [-0.2, 0) is 0 Å². The lowest BCUT2D eigenvalue weighted by atomic mass is 9.46. The first-order valence-corrected chi connectivity index (χ1v) is 13.0. The van der Waals surface area contributed by atoms with E-state index in [0.717, 1.165) is 32.1 Å². The molecule has 4 aliphatic carbocycles. The van der Waals surface area contributed by atoms with Gasteiger partial charge in [0.15, 0.2) is 0 Å². The highest BCUT2D eigenvalue weighted by Gasteiger charge is 2.61. The minimum atomic E-state index is -0.418. The van der Waals surface area contributed by atoms with Crippen LogP contribution in [0.4, 0.5) is 0 Å². The van der Waals surface area contributed by atoms with Crippen molar-refractivity contribution in [3.63, 3.8) is 0 Å². The summed E-state index contributed by atoms with van der Waals surface area (Å²) in [6.45, 7) is 9.23. The third-order valence-electron chi connectivity index (χ3n) is 10.7. The molecule has 178 valence electrons. The van der Waals surface area contributed by atoms with E-state index in [1.54, 1.807) is 0 Å². The average Bonchev–Trinajstić information content (AvgIpc) is 3.09. The molecule has 4 aliphatic rings. The summed E-state index contributed by atoms with van der Waals surface area (Å²) >= 11 is 0. The van der Waals surface area contributed by atoms with Gasteiger partial charge in [0.25, 0.3) is 0 Å². The summed E-state index contributed by atoms with van der Waals surface area (Å²) in [4.78, 5) is 0. The van der Waals surface area contributed by atoms with E-state index in [0.29, 0.717) is 29.6 Å². The van der Waals surface area contributed by atoms with Crippen LogP contribution in [-0.4, -0.2) is 45.3 Å². The maximum Gasteiger partial charge on any atom is 0.0757 e. The van der Waals surface area contributed by atoms with E-state index in [1.807, 2.05) is 6.92 Å². The molecular weight excluding hydrogens is 388 g/mol. The third kappa shape index (κ3) is 3.94. The lowest BCUT2D eigenvalue weighted by Crippen LogP contribution is -2.55. The minimum absolute atomic E-state index is 0.0467. The van der Waals surface area contributed by atoms with Crippen molar-refractivity contribution in [3.8, 4) is 0 Å². The molecule has 0 aromatic carbocycles.